The van der Waals surface area contributed by atoms with E-state index >= 15 is 0 Å². The van der Waals surface area contributed by atoms with Crippen LogP contribution in [0.5, 0.6) is 0 Å². The first-order chi connectivity index (χ1) is 8.27. The number of hydrogen-bond acceptors (Lipinski definition) is 2. The molecule has 1 N–H and O–H groups in total. The van der Waals surface area contributed by atoms with Crippen LogP contribution in [0.1, 0.15) is 6.42 Å². The van der Waals surface area contributed by atoms with E-state index in [-0.39, 0.29) is 0 Å². The molecule has 0 bridgehead atoms. The van der Waals surface area contributed by atoms with Crippen LogP contribution in [0.25, 0.3) is 0 Å². The minimum atomic E-state index is -2.25. The zero-order valence-electron chi connectivity index (χ0n) is 9.11. The third-order valence-corrected chi connectivity index (χ3v) is 2.23. The summed E-state index contributed by atoms with van der Waals surface area (Å²) in [7, 11) is 1.03. The molecule has 0 aliphatic heterocycles. The summed E-state index contributed by atoms with van der Waals surface area (Å²) in [4.78, 5) is 10.9. The van der Waals surface area contributed by atoms with E-state index in [0.29, 0.717) is 4.90 Å². The van der Waals surface area contributed by atoms with Crippen LogP contribution in [-0.4, -0.2) is 24.7 Å². The maximum absolute atomic E-state index is 13.3. The normalized spacial score (nSPS) is 10.6. The lowest BCUT2D eigenvalue weighted by Crippen LogP contribution is -2.24. The van der Waals surface area contributed by atoms with Crippen molar-refractivity contribution in [3.8, 4) is 0 Å². The lowest BCUT2D eigenvalue weighted by atomic mass is 10.2. The summed E-state index contributed by atoms with van der Waals surface area (Å²) in [5, 5.41) is 8.38. The molecule has 0 aliphatic carbocycles. The number of carboxylic acids is 1. The van der Waals surface area contributed by atoms with Crippen molar-refractivity contribution in [1.82, 2.24) is 0 Å². The van der Waals surface area contributed by atoms with Crippen LogP contribution in [-0.2, 0) is 4.79 Å². The summed E-state index contributed by atoms with van der Waals surface area (Å²) in [5.41, 5.74) is -1.15. The van der Waals surface area contributed by atoms with Crippen molar-refractivity contribution in [3.05, 3.63) is 29.1 Å². The number of anilines is 1. The average Bonchev–Trinajstić information content (AvgIpc) is 2.31. The Morgan fingerprint density at radius 3 is 1.78 bits per heavy atom. The van der Waals surface area contributed by atoms with Crippen molar-refractivity contribution in [2.24, 2.45) is 0 Å². The van der Waals surface area contributed by atoms with E-state index in [1.807, 2.05) is 0 Å². The molecule has 18 heavy (non-hydrogen) atoms. The van der Waals surface area contributed by atoms with Gasteiger partial charge in [-0.05, 0) is 0 Å². The van der Waals surface area contributed by atoms with Crippen LogP contribution >= 0.6 is 0 Å². The van der Waals surface area contributed by atoms with Gasteiger partial charge in [0.25, 0.3) is 0 Å². The second kappa shape index (κ2) is 5.19. The number of hydrogen-bond donors (Lipinski definition) is 1. The third-order valence-electron chi connectivity index (χ3n) is 2.23. The van der Waals surface area contributed by atoms with Crippen molar-refractivity contribution in [3.63, 3.8) is 0 Å². The third kappa shape index (κ3) is 2.52. The van der Waals surface area contributed by atoms with E-state index in [4.69, 9.17) is 5.11 Å². The smallest absolute Gasteiger partial charge is 0.305 e. The van der Waals surface area contributed by atoms with E-state index in [1.165, 1.54) is 0 Å². The Kier molecular flexibility index (Phi) is 4.10. The highest BCUT2D eigenvalue weighted by Crippen LogP contribution is 2.29. The molecule has 0 saturated heterocycles. The largest absolute Gasteiger partial charge is 0.481 e. The first-order valence-corrected chi connectivity index (χ1v) is 4.71. The van der Waals surface area contributed by atoms with Crippen molar-refractivity contribution >= 4 is 11.7 Å². The fraction of sp³-hybridized carbons (Fsp3) is 0.300. The molecule has 1 aromatic carbocycles. The van der Waals surface area contributed by atoms with Crippen LogP contribution in [0.15, 0.2) is 0 Å². The van der Waals surface area contributed by atoms with Gasteiger partial charge >= 0.3 is 5.97 Å². The lowest BCUT2D eigenvalue weighted by molar-refractivity contribution is -0.136. The number of halogens is 5. The van der Waals surface area contributed by atoms with Gasteiger partial charge in [-0.25, -0.2) is 22.0 Å². The Bertz CT molecular complexity index is 463. The van der Waals surface area contributed by atoms with Crippen LogP contribution in [0.3, 0.4) is 0 Å². The van der Waals surface area contributed by atoms with Gasteiger partial charge in [0.2, 0.25) is 5.82 Å². The number of aliphatic carboxylic acids is 1. The van der Waals surface area contributed by atoms with Crippen LogP contribution < -0.4 is 4.90 Å². The molecule has 0 radical (unpaired) electrons. The maximum Gasteiger partial charge on any atom is 0.305 e. The molecule has 0 unspecified atom stereocenters. The molecule has 0 spiro atoms. The molecule has 0 aliphatic rings. The number of rotatable bonds is 4. The predicted molar refractivity (Wildman–Crippen MR) is 51.8 cm³/mol. The highest BCUT2D eigenvalue weighted by Gasteiger charge is 2.27. The molecule has 0 saturated carbocycles. The quantitative estimate of drug-likeness (QED) is 0.518. The Morgan fingerprint density at radius 2 is 1.39 bits per heavy atom. The minimum Gasteiger partial charge on any atom is -0.481 e. The number of carbonyl (C=O) groups is 1. The first kappa shape index (κ1) is 14.2. The Balaban J connectivity index is 3.20. The SMILES string of the molecule is CN(CCC(=O)O)c1c(F)c(F)c(F)c(F)c1F. The predicted octanol–water partition coefficient (Wildman–Crippen LogP) is 2.29. The van der Waals surface area contributed by atoms with E-state index in [2.05, 4.69) is 0 Å². The van der Waals surface area contributed by atoms with Crippen molar-refractivity contribution in [2.75, 3.05) is 18.5 Å². The summed E-state index contributed by atoms with van der Waals surface area (Å²) < 4.78 is 65.0. The molecule has 1 rings (SSSR count). The highest BCUT2D eigenvalue weighted by atomic mass is 19.2. The number of benzene rings is 1. The monoisotopic (exact) mass is 269 g/mol. The van der Waals surface area contributed by atoms with E-state index in [9.17, 15) is 26.7 Å². The van der Waals surface area contributed by atoms with Crippen molar-refractivity contribution in [2.45, 2.75) is 6.42 Å². The molecule has 100 valence electrons. The molecular weight excluding hydrogens is 261 g/mol. The molecule has 0 heterocycles. The first-order valence-electron chi connectivity index (χ1n) is 4.71. The van der Waals surface area contributed by atoms with Crippen molar-refractivity contribution < 1.29 is 31.9 Å². The summed E-state index contributed by atoms with van der Waals surface area (Å²) >= 11 is 0. The zero-order chi connectivity index (χ0) is 14.0. The van der Waals surface area contributed by atoms with Gasteiger partial charge in [0.05, 0.1) is 6.42 Å². The van der Waals surface area contributed by atoms with Gasteiger partial charge in [0.1, 0.15) is 5.69 Å². The Labute approximate surface area is 98.4 Å². The number of nitrogens with zero attached hydrogens (tertiary/aromatic N) is 1. The standard InChI is InChI=1S/C10H8F5NO2/c1-16(3-2-4(17)18)10-8(14)6(12)5(11)7(13)9(10)15/h2-3H2,1H3,(H,17,18). The van der Waals surface area contributed by atoms with Gasteiger partial charge in [-0.15, -0.1) is 0 Å². The summed E-state index contributed by atoms with van der Waals surface area (Å²) in [5.74, 6) is -11.6. The summed E-state index contributed by atoms with van der Waals surface area (Å²) in [6.45, 7) is -0.395. The van der Waals surface area contributed by atoms with E-state index in [0.717, 1.165) is 7.05 Å². The summed E-state index contributed by atoms with van der Waals surface area (Å²) in [6.07, 6.45) is -0.504. The van der Waals surface area contributed by atoms with Crippen LogP contribution in [0.2, 0.25) is 0 Å². The van der Waals surface area contributed by atoms with Gasteiger partial charge in [0.15, 0.2) is 23.3 Å². The van der Waals surface area contributed by atoms with Gasteiger partial charge in [-0.2, -0.15) is 0 Å². The molecular formula is C10H8F5NO2. The number of carboxylic acid groups (broad SMARTS) is 1. The summed E-state index contributed by atoms with van der Waals surface area (Å²) in [6, 6.07) is 0. The molecule has 0 aromatic heterocycles. The molecule has 0 fully saturated rings. The highest BCUT2D eigenvalue weighted by molar-refractivity contribution is 5.67. The minimum absolute atomic E-state index is 0.395. The topological polar surface area (TPSA) is 40.5 Å². The van der Waals surface area contributed by atoms with Gasteiger partial charge in [0, 0.05) is 13.6 Å². The maximum atomic E-state index is 13.3. The van der Waals surface area contributed by atoms with Crippen LogP contribution in [0.4, 0.5) is 27.6 Å². The molecule has 0 atom stereocenters. The zero-order valence-corrected chi connectivity index (χ0v) is 9.11. The molecule has 0 amide bonds. The Hall–Kier alpha value is -1.86. The van der Waals surface area contributed by atoms with E-state index < -0.39 is 53.7 Å². The average molecular weight is 269 g/mol. The fourth-order valence-corrected chi connectivity index (χ4v) is 1.30. The van der Waals surface area contributed by atoms with Gasteiger partial charge < -0.3 is 10.0 Å². The van der Waals surface area contributed by atoms with Gasteiger partial charge in [-0.1, -0.05) is 0 Å². The van der Waals surface area contributed by atoms with Crippen LogP contribution in [0, 0.1) is 29.1 Å². The van der Waals surface area contributed by atoms with Crippen molar-refractivity contribution in [1.29, 1.82) is 0 Å². The van der Waals surface area contributed by atoms with E-state index in [1.54, 1.807) is 0 Å². The second-order valence-electron chi connectivity index (χ2n) is 3.48. The fourth-order valence-electron chi connectivity index (χ4n) is 1.30. The second-order valence-corrected chi connectivity index (χ2v) is 3.48. The molecule has 1 aromatic rings. The lowest BCUT2D eigenvalue weighted by Gasteiger charge is -2.20. The Morgan fingerprint density at radius 1 is 1.00 bits per heavy atom. The van der Waals surface area contributed by atoms with Gasteiger partial charge in [-0.3, -0.25) is 4.79 Å². The molecule has 8 heteroatoms. The molecule has 3 nitrogen and oxygen atoms in total.